The minimum absolute atomic E-state index is 0.0117. The van der Waals surface area contributed by atoms with Crippen molar-refractivity contribution in [3.05, 3.63) is 72.2 Å². The third-order valence-corrected chi connectivity index (χ3v) is 8.74. The van der Waals surface area contributed by atoms with Gasteiger partial charge in [0, 0.05) is 43.0 Å². The molecule has 1 unspecified atom stereocenters. The number of sulfone groups is 1. The summed E-state index contributed by atoms with van der Waals surface area (Å²) in [6.45, 7) is 3.87. The van der Waals surface area contributed by atoms with E-state index in [1.807, 2.05) is 12.1 Å². The standard InChI is InChI=1S/C28H27F2N7O4S/c29-26(30)42(39,40)21-3-1-2-18(12-21)25(38)34-15-20-13-24-19(14-33-20)4-5-22(35-24)23-6-8-32-27(36-23)37-10-7-28(17-37)16-31-9-11-41-28/h1-6,8,12-14,26,31H,7,9-11,15-17H2,(H,34,38). The molecule has 14 heteroatoms. The normalized spacial score (nSPS) is 19.1. The molecule has 1 spiro atoms. The Hall–Kier alpha value is -4.14. The van der Waals surface area contributed by atoms with Crippen molar-refractivity contribution in [1.82, 2.24) is 30.6 Å². The molecular formula is C28H27F2N7O4S. The molecule has 0 saturated carbocycles. The maximum Gasteiger partial charge on any atom is 0.341 e. The van der Waals surface area contributed by atoms with Crippen molar-refractivity contribution in [2.24, 2.45) is 0 Å². The predicted octanol–water partition coefficient (Wildman–Crippen LogP) is 2.58. The molecule has 2 N–H and O–H groups in total. The van der Waals surface area contributed by atoms with Gasteiger partial charge in [-0.25, -0.2) is 23.4 Å². The third-order valence-electron chi connectivity index (χ3n) is 7.36. The molecule has 1 amide bonds. The van der Waals surface area contributed by atoms with Crippen molar-refractivity contribution in [1.29, 1.82) is 0 Å². The topological polar surface area (TPSA) is 139 Å². The first-order valence-corrected chi connectivity index (χ1v) is 14.9. The number of carbonyl (C=O) groups excluding carboxylic acids is 1. The first-order chi connectivity index (χ1) is 20.2. The van der Waals surface area contributed by atoms with Crippen LogP contribution in [0.4, 0.5) is 14.7 Å². The summed E-state index contributed by atoms with van der Waals surface area (Å²) in [6, 6.07) is 11.8. The number of carbonyl (C=O) groups is 1. The van der Waals surface area contributed by atoms with Crippen LogP contribution >= 0.6 is 0 Å². The van der Waals surface area contributed by atoms with Crippen LogP contribution in [0.1, 0.15) is 22.5 Å². The molecule has 2 saturated heterocycles. The molecule has 0 aliphatic carbocycles. The number of amides is 1. The van der Waals surface area contributed by atoms with Crippen LogP contribution in [-0.4, -0.2) is 78.4 Å². The molecule has 5 heterocycles. The van der Waals surface area contributed by atoms with Gasteiger partial charge in [-0.2, -0.15) is 8.78 Å². The average molecular weight is 596 g/mol. The zero-order valence-corrected chi connectivity index (χ0v) is 23.2. The number of benzene rings is 1. The minimum atomic E-state index is -4.82. The second-order valence-electron chi connectivity index (χ2n) is 10.2. The van der Waals surface area contributed by atoms with Crippen LogP contribution in [0.3, 0.4) is 0 Å². The van der Waals surface area contributed by atoms with Crippen LogP contribution in [0.25, 0.3) is 22.3 Å². The van der Waals surface area contributed by atoms with Gasteiger partial charge < -0.3 is 20.3 Å². The molecular weight excluding hydrogens is 568 g/mol. The Balaban J connectivity index is 1.17. The molecule has 11 nitrogen and oxygen atoms in total. The number of morpholine rings is 1. The van der Waals surface area contributed by atoms with Crippen LogP contribution in [-0.2, 0) is 21.1 Å². The van der Waals surface area contributed by atoms with E-state index in [4.69, 9.17) is 14.7 Å². The lowest BCUT2D eigenvalue weighted by molar-refractivity contribution is -0.0496. The van der Waals surface area contributed by atoms with Gasteiger partial charge in [-0.05, 0) is 48.9 Å². The Kier molecular flexibility index (Phi) is 7.51. The van der Waals surface area contributed by atoms with Crippen LogP contribution in [0.15, 0.2) is 65.8 Å². The van der Waals surface area contributed by atoms with Gasteiger partial charge in [0.1, 0.15) is 0 Å². The summed E-state index contributed by atoms with van der Waals surface area (Å²) in [7, 11) is -4.82. The quantitative estimate of drug-likeness (QED) is 0.328. The van der Waals surface area contributed by atoms with Gasteiger partial charge in [0.25, 0.3) is 5.91 Å². The Morgan fingerprint density at radius 1 is 1.12 bits per heavy atom. The molecule has 218 valence electrons. The summed E-state index contributed by atoms with van der Waals surface area (Å²) in [5, 5.41) is 6.84. The van der Waals surface area contributed by atoms with Crippen LogP contribution < -0.4 is 15.5 Å². The van der Waals surface area contributed by atoms with E-state index in [1.165, 1.54) is 12.1 Å². The molecule has 1 atom stereocenters. The van der Waals surface area contributed by atoms with E-state index in [9.17, 15) is 22.0 Å². The van der Waals surface area contributed by atoms with Gasteiger partial charge in [0.15, 0.2) is 0 Å². The number of alkyl halides is 2. The van der Waals surface area contributed by atoms with E-state index in [-0.39, 0.29) is 17.7 Å². The summed E-state index contributed by atoms with van der Waals surface area (Å²) >= 11 is 0. The first-order valence-electron chi connectivity index (χ1n) is 13.3. The van der Waals surface area contributed by atoms with Crippen LogP contribution in [0.5, 0.6) is 0 Å². The first kappa shape index (κ1) is 28.0. The maximum atomic E-state index is 12.9. The van der Waals surface area contributed by atoms with Crippen molar-refractivity contribution < 1.29 is 26.7 Å². The monoisotopic (exact) mass is 595 g/mol. The zero-order chi connectivity index (χ0) is 29.3. The fourth-order valence-corrected chi connectivity index (χ4v) is 5.88. The van der Waals surface area contributed by atoms with Crippen molar-refractivity contribution in [2.45, 2.75) is 29.2 Å². The molecule has 3 aromatic heterocycles. The number of pyridine rings is 2. The van der Waals surface area contributed by atoms with Gasteiger partial charge in [0.05, 0.1) is 52.8 Å². The lowest BCUT2D eigenvalue weighted by atomic mass is 10.0. The summed E-state index contributed by atoms with van der Waals surface area (Å²) < 4.78 is 55.4. The number of anilines is 1. The predicted molar refractivity (Wildman–Crippen MR) is 150 cm³/mol. The molecule has 1 aromatic carbocycles. The number of aromatic nitrogens is 4. The Morgan fingerprint density at radius 3 is 2.79 bits per heavy atom. The molecule has 2 fully saturated rings. The fourth-order valence-electron chi connectivity index (χ4n) is 5.12. The Labute approximate surface area is 240 Å². The molecule has 0 radical (unpaired) electrons. The van der Waals surface area contributed by atoms with Crippen molar-refractivity contribution in [3.63, 3.8) is 0 Å². The molecule has 2 aliphatic heterocycles. The van der Waals surface area contributed by atoms with Crippen LogP contribution in [0.2, 0.25) is 0 Å². The number of hydrogen-bond donors (Lipinski definition) is 2. The number of nitrogens with one attached hydrogen (secondary N) is 2. The second kappa shape index (κ2) is 11.3. The summed E-state index contributed by atoms with van der Waals surface area (Å²) in [5.41, 5.74) is 2.17. The fraction of sp³-hybridized carbons (Fsp3) is 0.321. The van der Waals surface area contributed by atoms with Gasteiger partial charge in [-0.15, -0.1) is 0 Å². The highest BCUT2D eigenvalue weighted by Gasteiger charge is 2.41. The van der Waals surface area contributed by atoms with E-state index >= 15 is 0 Å². The highest BCUT2D eigenvalue weighted by Crippen LogP contribution is 2.30. The van der Waals surface area contributed by atoms with Gasteiger partial charge in [-0.1, -0.05) is 6.07 Å². The van der Waals surface area contributed by atoms with Crippen LogP contribution in [0, 0.1) is 0 Å². The lowest BCUT2D eigenvalue weighted by Crippen LogP contribution is -2.51. The number of nitrogens with zero attached hydrogens (tertiary/aromatic N) is 5. The zero-order valence-electron chi connectivity index (χ0n) is 22.3. The SMILES string of the molecule is O=C(NCc1cc2nc(-c3ccnc(N4CCC5(CNCCO5)C4)n3)ccc2cn1)c1cccc(S(=O)(=O)C(F)F)c1. The van der Waals surface area contributed by atoms with E-state index in [2.05, 4.69) is 25.5 Å². The third kappa shape index (κ3) is 5.65. The van der Waals surface area contributed by atoms with E-state index < -0.39 is 26.4 Å². The smallest absolute Gasteiger partial charge is 0.341 e. The average Bonchev–Trinajstić information content (AvgIpc) is 3.42. The molecule has 2 aliphatic rings. The molecule has 4 aromatic rings. The van der Waals surface area contributed by atoms with Gasteiger partial charge in [0.2, 0.25) is 15.8 Å². The van der Waals surface area contributed by atoms with Gasteiger partial charge in [-0.3, -0.25) is 9.78 Å². The van der Waals surface area contributed by atoms with Crippen molar-refractivity contribution in [2.75, 3.05) is 37.7 Å². The number of hydrogen-bond acceptors (Lipinski definition) is 10. The highest BCUT2D eigenvalue weighted by atomic mass is 32.2. The van der Waals surface area contributed by atoms with E-state index in [1.54, 1.807) is 24.5 Å². The van der Waals surface area contributed by atoms with Gasteiger partial charge >= 0.3 is 5.76 Å². The van der Waals surface area contributed by atoms with E-state index in [0.717, 1.165) is 43.6 Å². The summed E-state index contributed by atoms with van der Waals surface area (Å²) in [4.78, 5) is 32.5. The summed E-state index contributed by atoms with van der Waals surface area (Å²) in [5.74, 6) is -3.59. The van der Waals surface area contributed by atoms with Crippen molar-refractivity contribution in [3.8, 4) is 11.4 Å². The lowest BCUT2D eigenvalue weighted by Gasteiger charge is -2.34. The molecule has 42 heavy (non-hydrogen) atoms. The second-order valence-corrected chi connectivity index (χ2v) is 12.1. The molecule has 6 rings (SSSR count). The number of ether oxygens (including phenoxy) is 1. The highest BCUT2D eigenvalue weighted by molar-refractivity contribution is 7.91. The Bertz CT molecular complexity index is 1750. The number of fused-ring (bicyclic) bond motifs is 1. The summed E-state index contributed by atoms with van der Waals surface area (Å²) in [6.07, 6.45) is 4.24. The largest absolute Gasteiger partial charge is 0.370 e. The minimum Gasteiger partial charge on any atom is -0.370 e. The van der Waals surface area contributed by atoms with E-state index in [0.29, 0.717) is 41.7 Å². The van der Waals surface area contributed by atoms with Crippen molar-refractivity contribution >= 4 is 32.6 Å². The molecule has 0 bridgehead atoms. The Morgan fingerprint density at radius 2 is 1.98 bits per heavy atom. The number of rotatable bonds is 7. The maximum absolute atomic E-state index is 12.9. The number of halogens is 2.